The summed E-state index contributed by atoms with van der Waals surface area (Å²) in [5, 5.41) is 35.6. The van der Waals surface area contributed by atoms with Gasteiger partial charge in [-0.3, -0.25) is 4.79 Å². The van der Waals surface area contributed by atoms with Gasteiger partial charge < -0.3 is 26.0 Å². The van der Waals surface area contributed by atoms with E-state index in [-0.39, 0.29) is 30.7 Å². The van der Waals surface area contributed by atoms with Gasteiger partial charge in [0.05, 0.1) is 19.1 Å². The van der Waals surface area contributed by atoms with Gasteiger partial charge in [0.15, 0.2) is 0 Å². The molecule has 5 N–H and O–H groups in total. The summed E-state index contributed by atoms with van der Waals surface area (Å²) in [5.74, 6) is -0.0944. The lowest BCUT2D eigenvalue weighted by atomic mass is 10.0. The molecule has 0 radical (unpaired) electrons. The Balaban J connectivity index is 0.00000298. The Morgan fingerprint density at radius 2 is 1.80 bits per heavy atom. The molecule has 35 heavy (non-hydrogen) atoms. The van der Waals surface area contributed by atoms with Crippen LogP contribution in [0.4, 0.5) is 5.69 Å². The first kappa shape index (κ1) is 29.8. The average molecular weight is 481 g/mol. The number of carbonyl (C=O) groups is 1. The SMILES string of the molecule is C=C/C(=C\C(=C/C)CC(C)NCC(O)c1ccc(O)c(CO)c1)CC(=O)Nc1ccccc1.CC. The van der Waals surface area contributed by atoms with Gasteiger partial charge in [-0.1, -0.05) is 68.5 Å². The van der Waals surface area contributed by atoms with Crippen molar-refractivity contribution in [3.8, 4) is 5.75 Å². The first-order chi connectivity index (χ1) is 16.9. The molecule has 0 bridgehead atoms. The zero-order valence-electron chi connectivity index (χ0n) is 21.3. The van der Waals surface area contributed by atoms with Crippen LogP contribution >= 0.6 is 0 Å². The predicted molar refractivity (Wildman–Crippen MR) is 144 cm³/mol. The summed E-state index contributed by atoms with van der Waals surface area (Å²) in [6.45, 7) is 11.8. The number of amides is 1. The summed E-state index contributed by atoms with van der Waals surface area (Å²) < 4.78 is 0. The van der Waals surface area contributed by atoms with Crippen molar-refractivity contribution in [2.24, 2.45) is 0 Å². The third-order valence-electron chi connectivity index (χ3n) is 5.29. The lowest BCUT2D eigenvalue weighted by Gasteiger charge is -2.19. The summed E-state index contributed by atoms with van der Waals surface area (Å²) in [7, 11) is 0. The van der Waals surface area contributed by atoms with Gasteiger partial charge in [-0.25, -0.2) is 0 Å². The van der Waals surface area contributed by atoms with Gasteiger partial charge >= 0.3 is 0 Å². The highest BCUT2D eigenvalue weighted by atomic mass is 16.3. The van der Waals surface area contributed by atoms with E-state index in [0.29, 0.717) is 24.1 Å². The molecule has 0 aliphatic rings. The number of rotatable bonds is 12. The molecule has 1 amide bonds. The molecule has 2 atom stereocenters. The van der Waals surface area contributed by atoms with Crippen LogP contribution in [0.2, 0.25) is 0 Å². The molecule has 6 heteroatoms. The quantitative estimate of drug-likeness (QED) is 0.262. The van der Waals surface area contributed by atoms with Gasteiger partial charge in [0, 0.05) is 23.8 Å². The van der Waals surface area contributed by atoms with Gasteiger partial charge in [-0.15, -0.1) is 0 Å². The van der Waals surface area contributed by atoms with E-state index in [9.17, 15) is 20.1 Å². The number of phenols is 1. The fourth-order valence-electron chi connectivity index (χ4n) is 3.39. The van der Waals surface area contributed by atoms with Crippen molar-refractivity contribution in [2.45, 2.75) is 59.3 Å². The number of aliphatic hydroxyl groups excluding tert-OH is 2. The first-order valence-corrected chi connectivity index (χ1v) is 12.0. The number of allylic oxidation sites excluding steroid dienone is 3. The molecule has 190 valence electrons. The molecular formula is C29H40N2O4. The molecule has 2 aromatic carbocycles. The second kappa shape index (κ2) is 16.4. The van der Waals surface area contributed by atoms with Crippen LogP contribution in [-0.2, 0) is 11.4 Å². The molecule has 0 saturated heterocycles. The van der Waals surface area contributed by atoms with E-state index in [1.165, 1.54) is 6.07 Å². The number of hydrogen-bond acceptors (Lipinski definition) is 5. The van der Waals surface area contributed by atoms with E-state index < -0.39 is 6.10 Å². The Bertz CT molecular complexity index is 983. The molecule has 0 aromatic heterocycles. The van der Waals surface area contributed by atoms with Gasteiger partial charge in [0.2, 0.25) is 5.91 Å². The first-order valence-electron chi connectivity index (χ1n) is 12.0. The topological polar surface area (TPSA) is 102 Å². The van der Waals surface area contributed by atoms with Gasteiger partial charge in [0.25, 0.3) is 0 Å². The normalized spacial score (nSPS) is 13.3. The number of aliphatic hydroxyl groups is 2. The van der Waals surface area contributed by atoms with Crippen molar-refractivity contribution in [3.63, 3.8) is 0 Å². The number of aromatic hydroxyl groups is 1. The number of hydrogen-bond donors (Lipinski definition) is 5. The molecule has 0 heterocycles. The zero-order chi connectivity index (χ0) is 26.2. The number of carbonyl (C=O) groups excluding carboxylic acids is 1. The summed E-state index contributed by atoms with van der Waals surface area (Å²) in [4.78, 5) is 12.4. The van der Waals surface area contributed by atoms with Gasteiger partial charge in [0.1, 0.15) is 5.75 Å². The maximum Gasteiger partial charge on any atom is 0.228 e. The minimum atomic E-state index is -0.770. The Morgan fingerprint density at radius 3 is 2.40 bits per heavy atom. The molecule has 0 aliphatic carbocycles. The minimum absolute atomic E-state index is 0.00904. The highest BCUT2D eigenvalue weighted by Crippen LogP contribution is 2.22. The molecule has 0 aliphatic heterocycles. The van der Waals surface area contributed by atoms with Crippen LogP contribution in [0.25, 0.3) is 0 Å². The predicted octanol–water partition coefficient (Wildman–Crippen LogP) is 5.40. The number of nitrogens with one attached hydrogen (secondary N) is 2. The standard InChI is InChI=1S/C27H34N2O4.C2H6/c1-4-20(14-21(5-2)15-27(33)29-24-9-7-6-8-10-24)13-19(3)28-17-26(32)22-11-12-25(31)23(16-22)18-30;1-2/h4-12,14,16,19,26,28,30-32H,2,13,15,17-18H2,1,3H3,(H,29,33);1-2H3/b20-4-,21-14+;. The van der Waals surface area contributed by atoms with Crippen LogP contribution in [0.1, 0.15) is 57.8 Å². The van der Waals surface area contributed by atoms with E-state index in [1.807, 2.05) is 70.2 Å². The zero-order valence-corrected chi connectivity index (χ0v) is 21.3. The second-order valence-corrected chi connectivity index (χ2v) is 7.95. The molecule has 0 spiro atoms. The number of para-hydroxylation sites is 1. The fourth-order valence-corrected chi connectivity index (χ4v) is 3.39. The van der Waals surface area contributed by atoms with Crippen LogP contribution in [0.15, 0.2) is 84.5 Å². The summed E-state index contributed by atoms with van der Waals surface area (Å²) in [6, 6.07) is 14.1. The maximum absolute atomic E-state index is 12.4. The van der Waals surface area contributed by atoms with Crippen molar-refractivity contribution in [2.75, 3.05) is 11.9 Å². The third-order valence-corrected chi connectivity index (χ3v) is 5.29. The van der Waals surface area contributed by atoms with Crippen molar-refractivity contribution in [3.05, 3.63) is 95.6 Å². The van der Waals surface area contributed by atoms with Crippen LogP contribution in [-0.4, -0.2) is 33.8 Å². The summed E-state index contributed by atoms with van der Waals surface area (Å²) in [6.07, 6.45) is 5.83. The van der Waals surface area contributed by atoms with Crippen molar-refractivity contribution < 1.29 is 20.1 Å². The second-order valence-electron chi connectivity index (χ2n) is 7.95. The largest absolute Gasteiger partial charge is 0.508 e. The minimum Gasteiger partial charge on any atom is -0.508 e. The van der Waals surface area contributed by atoms with E-state index in [2.05, 4.69) is 17.2 Å². The lowest BCUT2D eigenvalue weighted by Crippen LogP contribution is -2.30. The Labute approximate surface area is 209 Å². The third kappa shape index (κ3) is 10.7. The highest BCUT2D eigenvalue weighted by Gasteiger charge is 2.13. The number of benzene rings is 2. The van der Waals surface area contributed by atoms with E-state index >= 15 is 0 Å². The molecule has 6 nitrogen and oxygen atoms in total. The Morgan fingerprint density at radius 1 is 1.11 bits per heavy atom. The average Bonchev–Trinajstić information content (AvgIpc) is 2.88. The van der Waals surface area contributed by atoms with Crippen molar-refractivity contribution in [1.82, 2.24) is 5.32 Å². The Hall–Kier alpha value is -3.19. The monoisotopic (exact) mass is 480 g/mol. The molecule has 0 saturated carbocycles. The van der Waals surface area contributed by atoms with Crippen molar-refractivity contribution >= 4 is 11.6 Å². The molecule has 2 unspecified atom stereocenters. The molecule has 2 aromatic rings. The van der Waals surface area contributed by atoms with Crippen LogP contribution in [0, 0.1) is 0 Å². The van der Waals surface area contributed by atoms with Gasteiger partial charge in [-0.05, 0) is 55.7 Å². The van der Waals surface area contributed by atoms with E-state index in [4.69, 9.17) is 0 Å². The van der Waals surface area contributed by atoms with E-state index in [0.717, 1.165) is 16.8 Å². The van der Waals surface area contributed by atoms with Gasteiger partial charge in [-0.2, -0.15) is 0 Å². The van der Waals surface area contributed by atoms with Crippen molar-refractivity contribution in [1.29, 1.82) is 0 Å². The van der Waals surface area contributed by atoms with Crippen LogP contribution in [0.5, 0.6) is 5.75 Å². The van der Waals surface area contributed by atoms with E-state index in [1.54, 1.807) is 18.2 Å². The molecule has 0 fully saturated rings. The Kier molecular flexibility index (Phi) is 14.0. The maximum atomic E-state index is 12.4. The highest BCUT2D eigenvalue weighted by molar-refractivity contribution is 5.92. The fraction of sp³-hybridized carbons (Fsp3) is 0.345. The lowest BCUT2D eigenvalue weighted by molar-refractivity contribution is -0.115. The molecular weight excluding hydrogens is 440 g/mol. The molecule has 2 rings (SSSR count). The summed E-state index contributed by atoms with van der Waals surface area (Å²) >= 11 is 0. The van der Waals surface area contributed by atoms with Crippen LogP contribution in [0.3, 0.4) is 0 Å². The number of anilines is 1. The summed E-state index contributed by atoms with van der Waals surface area (Å²) in [5.41, 5.74) is 3.65. The smallest absolute Gasteiger partial charge is 0.228 e. The van der Waals surface area contributed by atoms with Crippen LogP contribution < -0.4 is 10.6 Å².